The van der Waals surface area contributed by atoms with Gasteiger partial charge in [-0.05, 0) is 37.3 Å². The molecule has 0 aliphatic carbocycles. The SMILES string of the molecule is Cc1occc1-c1nn(CN2CCN(c3cc(C#N)ccn3)CC2)c(=S)n1C. The van der Waals surface area contributed by atoms with Crippen LogP contribution in [0.3, 0.4) is 0 Å². The van der Waals surface area contributed by atoms with Gasteiger partial charge in [0.2, 0.25) is 0 Å². The molecule has 0 unspecified atom stereocenters. The monoisotopic (exact) mass is 395 g/mol. The molecule has 1 aliphatic rings. The minimum Gasteiger partial charge on any atom is -0.469 e. The van der Waals surface area contributed by atoms with E-state index in [2.05, 4.69) is 20.9 Å². The molecule has 1 fully saturated rings. The molecule has 3 aromatic heterocycles. The molecule has 0 atom stereocenters. The molecule has 0 N–H and O–H groups in total. The van der Waals surface area contributed by atoms with Crippen molar-refractivity contribution in [2.45, 2.75) is 13.6 Å². The van der Waals surface area contributed by atoms with Crippen LogP contribution in [0.25, 0.3) is 11.4 Å². The lowest BCUT2D eigenvalue weighted by Crippen LogP contribution is -2.47. The normalized spacial score (nSPS) is 15.0. The summed E-state index contributed by atoms with van der Waals surface area (Å²) in [6.07, 6.45) is 3.36. The number of pyridine rings is 1. The number of nitriles is 1. The Kier molecular flexibility index (Phi) is 4.98. The van der Waals surface area contributed by atoms with E-state index >= 15 is 0 Å². The Morgan fingerprint density at radius 1 is 1.25 bits per heavy atom. The Labute approximate surface area is 168 Å². The lowest BCUT2D eigenvalue weighted by atomic mass is 10.2. The van der Waals surface area contributed by atoms with Gasteiger partial charge in [0.15, 0.2) is 10.6 Å². The van der Waals surface area contributed by atoms with Crippen LogP contribution in [0.15, 0.2) is 35.1 Å². The largest absolute Gasteiger partial charge is 0.469 e. The Bertz CT molecular complexity index is 1080. The maximum absolute atomic E-state index is 9.07. The Hall–Kier alpha value is -2.96. The molecule has 4 heterocycles. The average molecular weight is 395 g/mol. The van der Waals surface area contributed by atoms with Crippen LogP contribution in [-0.4, -0.2) is 50.4 Å². The average Bonchev–Trinajstić information content (AvgIpc) is 3.26. The summed E-state index contributed by atoms with van der Waals surface area (Å²) in [5.41, 5.74) is 1.59. The van der Waals surface area contributed by atoms with E-state index in [1.165, 1.54) is 0 Å². The Morgan fingerprint density at radius 3 is 2.71 bits per heavy atom. The summed E-state index contributed by atoms with van der Waals surface area (Å²) in [4.78, 5) is 8.92. The minimum absolute atomic E-state index is 0.634. The molecule has 0 bridgehead atoms. The van der Waals surface area contributed by atoms with E-state index in [4.69, 9.17) is 27.0 Å². The van der Waals surface area contributed by atoms with Gasteiger partial charge in [0.1, 0.15) is 11.6 Å². The molecule has 0 amide bonds. The van der Waals surface area contributed by atoms with Gasteiger partial charge in [-0.1, -0.05) is 0 Å². The van der Waals surface area contributed by atoms with Crippen molar-refractivity contribution in [3.05, 3.63) is 46.8 Å². The maximum Gasteiger partial charge on any atom is 0.199 e. The van der Waals surface area contributed by atoms with Gasteiger partial charge in [0.25, 0.3) is 0 Å². The molecule has 28 heavy (non-hydrogen) atoms. The molecular weight excluding hydrogens is 374 g/mol. The molecule has 0 saturated carbocycles. The number of piperazine rings is 1. The predicted molar refractivity (Wildman–Crippen MR) is 107 cm³/mol. The van der Waals surface area contributed by atoms with Crippen LogP contribution in [0, 0.1) is 23.0 Å². The van der Waals surface area contributed by atoms with Crippen molar-refractivity contribution in [1.82, 2.24) is 24.2 Å². The van der Waals surface area contributed by atoms with Crippen LogP contribution in [-0.2, 0) is 13.7 Å². The first-order valence-electron chi connectivity index (χ1n) is 9.08. The van der Waals surface area contributed by atoms with Crippen LogP contribution in [0.2, 0.25) is 0 Å². The molecule has 0 radical (unpaired) electrons. The van der Waals surface area contributed by atoms with E-state index in [-0.39, 0.29) is 0 Å². The molecule has 144 valence electrons. The van der Waals surface area contributed by atoms with Crippen LogP contribution >= 0.6 is 12.2 Å². The van der Waals surface area contributed by atoms with Gasteiger partial charge in [-0.25, -0.2) is 9.67 Å². The van der Waals surface area contributed by atoms with Gasteiger partial charge >= 0.3 is 0 Å². The summed E-state index contributed by atoms with van der Waals surface area (Å²) in [6, 6.07) is 7.64. The van der Waals surface area contributed by atoms with Crippen molar-refractivity contribution in [3.8, 4) is 17.5 Å². The second-order valence-electron chi connectivity index (χ2n) is 6.82. The smallest absolute Gasteiger partial charge is 0.199 e. The third-order valence-electron chi connectivity index (χ3n) is 5.05. The van der Waals surface area contributed by atoms with E-state index < -0.39 is 0 Å². The molecule has 1 saturated heterocycles. The van der Waals surface area contributed by atoms with E-state index in [1.807, 2.05) is 35.4 Å². The van der Waals surface area contributed by atoms with Gasteiger partial charge in [-0.2, -0.15) is 10.4 Å². The number of nitrogens with zero attached hydrogens (tertiary/aromatic N) is 7. The molecule has 4 rings (SSSR count). The number of rotatable bonds is 4. The number of hydrogen-bond donors (Lipinski definition) is 0. The van der Waals surface area contributed by atoms with Gasteiger partial charge in [-0.15, -0.1) is 0 Å². The molecule has 8 nitrogen and oxygen atoms in total. The van der Waals surface area contributed by atoms with Gasteiger partial charge < -0.3 is 13.9 Å². The molecule has 3 aromatic rings. The summed E-state index contributed by atoms with van der Waals surface area (Å²) in [5.74, 6) is 2.49. The fourth-order valence-corrected chi connectivity index (χ4v) is 3.59. The maximum atomic E-state index is 9.07. The Morgan fingerprint density at radius 2 is 2.04 bits per heavy atom. The Balaban J connectivity index is 1.45. The van der Waals surface area contributed by atoms with Gasteiger partial charge in [-0.3, -0.25) is 4.90 Å². The molecule has 1 aliphatic heterocycles. The van der Waals surface area contributed by atoms with Crippen LogP contribution in [0.5, 0.6) is 0 Å². The summed E-state index contributed by atoms with van der Waals surface area (Å²) in [7, 11) is 1.93. The summed E-state index contributed by atoms with van der Waals surface area (Å²) in [6.45, 7) is 5.99. The number of furan rings is 1. The lowest BCUT2D eigenvalue weighted by Gasteiger charge is -2.35. The highest BCUT2D eigenvalue weighted by Crippen LogP contribution is 2.23. The molecule has 9 heteroatoms. The number of aromatic nitrogens is 4. The van der Waals surface area contributed by atoms with Crippen LogP contribution in [0.4, 0.5) is 5.82 Å². The summed E-state index contributed by atoms with van der Waals surface area (Å²) in [5, 5.41) is 13.8. The van der Waals surface area contributed by atoms with Crippen molar-refractivity contribution in [1.29, 1.82) is 5.26 Å². The lowest BCUT2D eigenvalue weighted by molar-refractivity contribution is 0.194. The quantitative estimate of drug-likeness (QED) is 0.628. The third-order valence-corrected chi connectivity index (χ3v) is 5.53. The molecule has 0 aromatic carbocycles. The molecule has 0 spiro atoms. The van der Waals surface area contributed by atoms with Crippen molar-refractivity contribution >= 4 is 18.0 Å². The molecular formula is C19H21N7OS. The third kappa shape index (κ3) is 3.44. The fraction of sp³-hybridized carbons (Fsp3) is 0.368. The van der Waals surface area contributed by atoms with Crippen molar-refractivity contribution in [3.63, 3.8) is 0 Å². The minimum atomic E-state index is 0.634. The van der Waals surface area contributed by atoms with Crippen LogP contribution in [0.1, 0.15) is 11.3 Å². The highest BCUT2D eigenvalue weighted by molar-refractivity contribution is 7.71. The summed E-state index contributed by atoms with van der Waals surface area (Å²) < 4.78 is 9.87. The highest BCUT2D eigenvalue weighted by Gasteiger charge is 2.20. The number of anilines is 1. The highest BCUT2D eigenvalue weighted by atomic mass is 32.1. The van der Waals surface area contributed by atoms with Crippen molar-refractivity contribution in [2.24, 2.45) is 7.05 Å². The van der Waals surface area contributed by atoms with E-state index in [1.54, 1.807) is 18.5 Å². The fourth-order valence-electron chi connectivity index (χ4n) is 3.40. The predicted octanol–water partition coefficient (Wildman–Crippen LogP) is 2.57. The first kappa shape index (κ1) is 18.4. The standard InChI is InChI=1S/C19H21N7OS/c1-14-16(4-10-27-14)18-22-26(19(28)23(18)2)13-24-6-8-25(9-7-24)17-11-15(12-20)3-5-21-17/h3-5,10-11H,6-9,13H2,1-2H3. The zero-order valence-electron chi connectivity index (χ0n) is 15.9. The van der Waals surface area contributed by atoms with Crippen LogP contribution < -0.4 is 4.90 Å². The van der Waals surface area contributed by atoms with E-state index in [0.29, 0.717) is 17.0 Å². The first-order valence-corrected chi connectivity index (χ1v) is 9.49. The summed E-state index contributed by atoms with van der Waals surface area (Å²) >= 11 is 5.58. The van der Waals surface area contributed by atoms with E-state index in [0.717, 1.165) is 49.1 Å². The van der Waals surface area contributed by atoms with Gasteiger partial charge in [0.05, 0.1) is 30.1 Å². The van der Waals surface area contributed by atoms with Gasteiger partial charge in [0, 0.05) is 39.4 Å². The first-order chi connectivity index (χ1) is 13.6. The topological polar surface area (TPSA) is 79.1 Å². The van der Waals surface area contributed by atoms with Crippen molar-refractivity contribution in [2.75, 3.05) is 31.1 Å². The zero-order valence-corrected chi connectivity index (χ0v) is 16.7. The zero-order chi connectivity index (χ0) is 19.7. The van der Waals surface area contributed by atoms with E-state index in [9.17, 15) is 0 Å². The van der Waals surface area contributed by atoms with Crippen molar-refractivity contribution < 1.29 is 4.42 Å². The number of aryl methyl sites for hydroxylation is 1. The second kappa shape index (κ2) is 7.58. The second-order valence-corrected chi connectivity index (χ2v) is 7.18. The number of hydrogen-bond acceptors (Lipinski definition) is 7.